The Hall–Kier alpha value is -1.28. The Bertz CT molecular complexity index is 563. The molecular weight excluding hydrogens is 362 g/mol. The Labute approximate surface area is 148 Å². The molecule has 0 radical (unpaired) electrons. The second kappa shape index (κ2) is 7.76. The van der Waals surface area contributed by atoms with Gasteiger partial charge in [0.15, 0.2) is 12.2 Å². The molecule has 0 saturated heterocycles. The number of hydrogen-bond acceptors (Lipinski definition) is 2. The largest absolute Gasteiger partial charge is 0.418 e. The third-order valence-corrected chi connectivity index (χ3v) is 4.07. The molecule has 0 aromatic heterocycles. The van der Waals surface area contributed by atoms with Gasteiger partial charge in [0.25, 0.3) is 0 Å². The van der Waals surface area contributed by atoms with Gasteiger partial charge in [0.1, 0.15) is 0 Å². The zero-order chi connectivity index (χ0) is 20.5. The number of alkyl halides is 6. The van der Waals surface area contributed by atoms with Gasteiger partial charge in [-0.25, -0.2) is 0 Å². The minimum Gasteiger partial charge on any atom is -0.379 e. The molecule has 1 aromatic carbocycles. The summed E-state index contributed by atoms with van der Waals surface area (Å²) in [5.74, 6) is -0.311. The predicted octanol–water partition coefficient (Wildman–Crippen LogP) is 5.81. The molecule has 0 aliphatic heterocycles. The van der Waals surface area contributed by atoms with E-state index in [0.717, 1.165) is 12.1 Å². The van der Waals surface area contributed by atoms with E-state index in [9.17, 15) is 36.6 Å². The number of aliphatic hydroxyl groups excluding tert-OH is 2. The highest BCUT2D eigenvalue weighted by molar-refractivity contribution is 5.36. The molecule has 0 fully saturated rings. The average Bonchev–Trinajstić information content (AvgIpc) is 2.47. The number of benzene rings is 1. The summed E-state index contributed by atoms with van der Waals surface area (Å²) >= 11 is 0. The molecule has 0 aliphatic carbocycles. The minimum atomic E-state index is -5.02. The number of rotatable bonds is 5. The lowest BCUT2D eigenvalue weighted by Gasteiger charge is -2.27. The highest BCUT2D eigenvalue weighted by Crippen LogP contribution is 2.41. The summed E-state index contributed by atoms with van der Waals surface area (Å²) in [6.45, 7) is 7.52. The molecule has 2 N–H and O–H groups in total. The van der Waals surface area contributed by atoms with E-state index in [1.165, 1.54) is 0 Å². The first-order chi connectivity index (χ1) is 11.6. The summed E-state index contributed by atoms with van der Waals surface area (Å²) in [4.78, 5) is 0. The van der Waals surface area contributed by atoms with Gasteiger partial charge in [-0.1, -0.05) is 39.8 Å². The third-order valence-electron chi connectivity index (χ3n) is 4.07. The molecule has 8 heteroatoms. The SMILES string of the molecule is CCC(CC(C)(C)C)c1cc(C(O)C(F)(F)F)cc(C(O)C(F)(F)F)c1. The van der Waals surface area contributed by atoms with Crippen molar-refractivity contribution >= 4 is 0 Å². The van der Waals surface area contributed by atoms with Gasteiger partial charge in [-0.3, -0.25) is 0 Å². The molecule has 0 heterocycles. The van der Waals surface area contributed by atoms with Crippen LogP contribution in [0, 0.1) is 5.41 Å². The van der Waals surface area contributed by atoms with E-state index in [1.807, 2.05) is 20.8 Å². The number of aliphatic hydroxyl groups is 2. The lowest BCUT2D eigenvalue weighted by molar-refractivity contribution is -0.208. The standard InChI is InChI=1S/C18H24F6O2/c1-5-10(9-16(2,3)4)11-6-12(14(25)17(19,20)21)8-13(7-11)15(26)18(22,23)24/h6-8,10,14-15,25-26H,5,9H2,1-4H3. The van der Waals surface area contributed by atoms with Crippen molar-refractivity contribution in [1.29, 1.82) is 0 Å². The second-order valence-electron chi connectivity index (χ2n) is 7.69. The smallest absolute Gasteiger partial charge is 0.379 e. The van der Waals surface area contributed by atoms with E-state index in [4.69, 9.17) is 0 Å². The van der Waals surface area contributed by atoms with Crippen LogP contribution in [-0.2, 0) is 0 Å². The maximum absolute atomic E-state index is 12.9. The minimum absolute atomic E-state index is 0.206. The fourth-order valence-electron chi connectivity index (χ4n) is 2.87. The summed E-state index contributed by atoms with van der Waals surface area (Å²) in [6.07, 6.45) is -14.9. The molecule has 1 rings (SSSR count). The summed E-state index contributed by atoms with van der Waals surface area (Å²) in [7, 11) is 0. The van der Waals surface area contributed by atoms with Gasteiger partial charge in [-0.05, 0) is 46.9 Å². The van der Waals surface area contributed by atoms with E-state index in [2.05, 4.69) is 0 Å². The molecule has 0 spiro atoms. The molecule has 3 unspecified atom stereocenters. The van der Waals surface area contributed by atoms with Crippen LogP contribution in [0.2, 0.25) is 0 Å². The van der Waals surface area contributed by atoms with E-state index in [1.54, 1.807) is 6.92 Å². The first-order valence-corrected chi connectivity index (χ1v) is 8.20. The van der Waals surface area contributed by atoms with Crippen molar-refractivity contribution in [2.24, 2.45) is 5.41 Å². The number of hydrogen-bond donors (Lipinski definition) is 2. The molecule has 2 nitrogen and oxygen atoms in total. The summed E-state index contributed by atoms with van der Waals surface area (Å²) in [5.41, 5.74) is -1.38. The van der Waals surface area contributed by atoms with Gasteiger partial charge in [-0.2, -0.15) is 26.3 Å². The maximum atomic E-state index is 12.9. The lowest BCUT2D eigenvalue weighted by atomic mass is 9.79. The third kappa shape index (κ3) is 6.16. The molecule has 150 valence electrons. The Kier molecular flexibility index (Phi) is 6.79. The Morgan fingerprint density at radius 3 is 1.38 bits per heavy atom. The van der Waals surface area contributed by atoms with Crippen molar-refractivity contribution in [3.63, 3.8) is 0 Å². The van der Waals surface area contributed by atoms with Crippen molar-refractivity contribution in [3.8, 4) is 0 Å². The van der Waals surface area contributed by atoms with Gasteiger partial charge in [-0.15, -0.1) is 0 Å². The van der Waals surface area contributed by atoms with E-state index >= 15 is 0 Å². The second-order valence-corrected chi connectivity index (χ2v) is 7.69. The molecule has 26 heavy (non-hydrogen) atoms. The fraction of sp³-hybridized carbons (Fsp3) is 0.667. The Balaban J connectivity index is 3.49. The van der Waals surface area contributed by atoms with Crippen molar-refractivity contribution in [2.75, 3.05) is 0 Å². The van der Waals surface area contributed by atoms with Gasteiger partial charge >= 0.3 is 12.4 Å². The fourth-order valence-corrected chi connectivity index (χ4v) is 2.87. The van der Waals surface area contributed by atoms with Gasteiger partial charge in [0, 0.05) is 0 Å². The summed E-state index contributed by atoms with van der Waals surface area (Å²) in [5, 5.41) is 19.0. The molecule has 0 aliphatic rings. The van der Waals surface area contributed by atoms with Crippen LogP contribution in [0.1, 0.15) is 75.4 Å². The highest BCUT2D eigenvalue weighted by atomic mass is 19.4. The molecule has 0 bridgehead atoms. The molecule has 0 amide bonds. The van der Waals surface area contributed by atoms with Crippen molar-refractivity contribution in [3.05, 3.63) is 34.9 Å². The molecule has 0 saturated carbocycles. The van der Waals surface area contributed by atoms with Crippen LogP contribution in [0.5, 0.6) is 0 Å². The van der Waals surface area contributed by atoms with Crippen molar-refractivity contribution in [1.82, 2.24) is 0 Å². The molecule has 3 atom stereocenters. The van der Waals surface area contributed by atoms with Crippen LogP contribution in [0.15, 0.2) is 18.2 Å². The van der Waals surface area contributed by atoms with E-state index in [-0.39, 0.29) is 16.9 Å². The van der Waals surface area contributed by atoms with Crippen LogP contribution >= 0.6 is 0 Å². The Morgan fingerprint density at radius 1 is 0.769 bits per heavy atom. The lowest BCUT2D eigenvalue weighted by Crippen LogP contribution is -2.23. The van der Waals surface area contributed by atoms with Crippen molar-refractivity contribution < 1.29 is 36.6 Å². The maximum Gasteiger partial charge on any atom is 0.418 e. The van der Waals surface area contributed by atoms with Gasteiger partial charge in [0.2, 0.25) is 0 Å². The predicted molar refractivity (Wildman–Crippen MR) is 85.6 cm³/mol. The zero-order valence-corrected chi connectivity index (χ0v) is 15.0. The quantitative estimate of drug-likeness (QED) is 0.627. The van der Waals surface area contributed by atoms with E-state index < -0.39 is 35.7 Å². The topological polar surface area (TPSA) is 40.5 Å². The van der Waals surface area contributed by atoms with Crippen LogP contribution in [-0.4, -0.2) is 22.6 Å². The summed E-state index contributed by atoms with van der Waals surface area (Å²) < 4.78 is 77.1. The molecule has 1 aromatic rings. The number of halogens is 6. The van der Waals surface area contributed by atoms with E-state index in [0.29, 0.717) is 18.9 Å². The van der Waals surface area contributed by atoms with Crippen LogP contribution in [0.4, 0.5) is 26.3 Å². The first-order valence-electron chi connectivity index (χ1n) is 8.20. The summed E-state index contributed by atoms with van der Waals surface area (Å²) in [6, 6.07) is 2.71. The van der Waals surface area contributed by atoms with Crippen LogP contribution < -0.4 is 0 Å². The zero-order valence-electron chi connectivity index (χ0n) is 15.0. The van der Waals surface area contributed by atoms with Crippen LogP contribution in [0.25, 0.3) is 0 Å². The Morgan fingerprint density at radius 2 is 1.12 bits per heavy atom. The molecular formula is C18H24F6O2. The first kappa shape index (κ1) is 22.8. The highest BCUT2D eigenvalue weighted by Gasteiger charge is 2.43. The van der Waals surface area contributed by atoms with Crippen molar-refractivity contribution in [2.45, 2.75) is 71.0 Å². The average molecular weight is 386 g/mol. The normalized spacial score (nSPS) is 17.1. The van der Waals surface area contributed by atoms with Gasteiger partial charge in [0.05, 0.1) is 0 Å². The monoisotopic (exact) mass is 386 g/mol. The van der Waals surface area contributed by atoms with Gasteiger partial charge < -0.3 is 10.2 Å². The van der Waals surface area contributed by atoms with Crippen LogP contribution in [0.3, 0.4) is 0 Å².